The molecule has 0 spiro atoms. The first-order valence-electron chi connectivity index (χ1n) is 9.02. The van der Waals surface area contributed by atoms with Crippen LogP contribution in [0.4, 0.5) is 0 Å². The summed E-state index contributed by atoms with van der Waals surface area (Å²) in [6.07, 6.45) is 0.968. The second kappa shape index (κ2) is 8.37. The van der Waals surface area contributed by atoms with E-state index in [0.29, 0.717) is 11.8 Å². The molecule has 4 heteroatoms. The Balaban J connectivity index is 1.50. The maximum atomic E-state index is 9.73. The number of aromatic hydroxyl groups is 1. The van der Waals surface area contributed by atoms with Crippen LogP contribution in [0.15, 0.2) is 48.5 Å². The van der Waals surface area contributed by atoms with E-state index in [2.05, 4.69) is 47.1 Å². The van der Waals surface area contributed by atoms with Gasteiger partial charge in [-0.05, 0) is 36.6 Å². The fraction of sp³-hybridized carbons (Fsp3) is 0.429. The Hall–Kier alpha value is -2.04. The van der Waals surface area contributed by atoms with E-state index in [1.54, 1.807) is 13.2 Å². The van der Waals surface area contributed by atoms with Crippen molar-refractivity contribution in [3.05, 3.63) is 59.7 Å². The molecule has 3 rings (SSSR count). The molecule has 1 N–H and O–H groups in total. The Morgan fingerprint density at radius 3 is 2.40 bits per heavy atom. The van der Waals surface area contributed by atoms with Crippen molar-refractivity contribution < 1.29 is 9.84 Å². The quantitative estimate of drug-likeness (QED) is 0.876. The van der Waals surface area contributed by atoms with Crippen molar-refractivity contribution in [1.82, 2.24) is 9.80 Å². The Morgan fingerprint density at radius 1 is 1.00 bits per heavy atom. The minimum absolute atomic E-state index is 0.202. The highest BCUT2D eigenvalue weighted by molar-refractivity contribution is 5.41. The monoisotopic (exact) mass is 340 g/mol. The van der Waals surface area contributed by atoms with Crippen LogP contribution in [0.1, 0.15) is 18.1 Å². The van der Waals surface area contributed by atoms with Crippen LogP contribution in [0.25, 0.3) is 0 Å². The summed E-state index contributed by atoms with van der Waals surface area (Å²) in [6.45, 7) is 7.74. The second-order valence-corrected chi connectivity index (χ2v) is 6.86. The molecule has 25 heavy (non-hydrogen) atoms. The summed E-state index contributed by atoms with van der Waals surface area (Å²) in [5.74, 6) is 0.755. The predicted octanol–water partition coefficient (Wildman–Crippen LogP) is 3.15. The third-order valence-corrected chi connectivity index (χ3v) is 5.05. The highest BCUT2D eigenvalue weighted by Crippen LogP contribution is 2.27. The van der Waals surface area contributed by atoms with Gasteiger partial charge in [0.2, 0.25) is 0 Å². The van der Waals surface area contributed by atoms with Gasteiger partial charge >= 0.3 is 0 Å². The SMILES string of the molecule is COc1cc(CC(C)N2CCN(Cc3ccccc3)CC2)ccc1O. The lowest BCUT2D eigenvalue weighted by Crippen LogP contribution is -2.49. The van der Waals surface area contributed by atoms with Crippen LogP contribution in [0.3, 0.4) is 0 Å². The van der Waals surface area contributed by atoms with E-state index >= 15 is 0 Å². The van der Waals surface area contributed by atoms with E-state index in [-0.39, 0.29) is 5.75 Å². The molecule has 0 bridgehead atoms. The van der Waals surface area contributed by atoms with Crippen molar-refractivity contribution in [2.45, 2.75) is 25.9 Å². The van der Waals surface area contributed by atoms with Crippen LogP contribution < -0.4 is 4.74 Å². The molecular weight excluding hydrogens is 312 g/mol. The summed E-state index contributed by atoms with van der Waals surface area (Å²) in [4.78, 5) is 5.09. The maximum absolute atomic E-state index is 9.73. The molecule has 1 atom stereocenters. The third-order valence-electron chi connectivity index (χ3n) is 5.05. The molecule has 1 aliphatic heterocycles. The van der Waals surface area contributed by atoms with Gasteiger partial charge in [-0.2, -0.15) is 0 Å². The number of nitrogens with zero attached hydrogens (tertiary/aromatic N) is 2. The molecule has 1 aliphatic rings. The van der Waals surface area contributed by atoms with Gasteiger partial charge in [-0.15, -0.1) is 0 Å². The molecular formula is C21H28N2O2. The van der Waals surface area contributed by atoms with Crippen LogP contribution >= 0.6 is 0 Å². The molecule has 0 amide bonds. The van der Waals surface area contributed by atoms with Crippen LogP contribution in [-0.2, 0) is 13.0 Å². The molecule has 1 unspecified atom stereocenters. The number of piperazine rings is 1. The number of ether oxygens (including phenoxy) is 1. The Labute approximate surface area is 150 Å². The average molecular weight is 340 g/mol. The van der Waals surface area contributed by atoms with E-state index in [1.165, 1.54) is 11.1 Å². The van der Waals surface area contributed by atoms with Gasteiger partial charge in [-0.25, -0.2) is 0 Å². The molecule has 2 aromatic rings. The minimum Gasteiger partial charge on any atom is -0.504 e. The van der Waals surface area contributed by atoms with Gasteiger partial charge < -0.3 is 9.84 Å². The second-order valence-electron chi connectivity index (χ2n) is 6.86. The number of phenols is 1. The molecule has 2 aromatic carbocycles. The van der Waals surface area contributed by atoms with E-state index in [9.17, 15) is 5.11 Å². The standard InChI is InChI=1S/C21H28N2O2/c1-17(14-19-8-9-20(24)21(15-19)25-2)23-12-10-22(11-13-23)16-18-6-4-3-5-7-18/h3-9,15,17,24H,10-14,16H2,1-2H3. The van der Waals surface area contributed by atoms with Crippen molar-refractivity contribution in [2.75, 3.05) is 33.3 Å². The first-order chi connectivity index (χ1) is 12.2. The zero-order valence-electron chi connectivity index (χ0n) is 15.2. The largest absolute Gasteiger partial charge is 0.504 e. The highest BCUT2D eigenvalue weighted by Gasteiger charge is 2.21. The van der Waals surface area contributed by atoms with Crippen molar-refractivity contribution in [2.24, 2.45) is 0 Å². The van der Waals surface area contributed by atoms with Gasteiger partial charge in [-0.1, -0.05) is 36.4 Å². The molecule has 0 radical (unpaired) electrons. The van der Waals surface area contributed by atoms with Gasteiger partial charge in [0.1, 0.15) is 0 Å². The number of hydrogen-bond donors (Lipinski definition) is 1. The number of hydrogen-bond acceptors (Lipinski definition) is 4. The highest BCUT2D eigenvalue weighted by atomic mass is 16.5. The van der Waals surface area contributed by atoms with Gasteiger partial charge in [-0.3, -0.25) is 9.80 Å². The van der Waals surface area contributed by atoms with Crippen LogP contribution in [0.2, 0.25) is 0 Å². The van der Waals surface area contributed by atoms with Crippen LogP contribution in [-0.4, -0.2) is 54.2 Å². The van der Waals surface area contributed by atoms with Gasteiger partial charge in [0, 0.05) is 38.8 Å². The van der Waals surface area contributed by atoms with Gasteiger partial charge in [0.15, 0.2) is 11.5 Å². The van der Waals surface area contributed by atoms with Crippen molar-refractivity contribution >= 4 is 0 Å². The average Bonchev–Trinajstić information content (AvgIpc) is 2.64. The number of rotatable bonds is 6. The molecule has 1 heterocycles. The molecule has 0 aliphatic carbocycles. The van der Waals surface area contributed by atoms with Gasteiger partial charge in [0.25, 0.3) is 0 Å². The summed E-state index contributed by atoms with van der Waals surface area (Å²) in [5.41, 5.74) is 2.59. The van der Waals surface area contributed by atoms with Crippen molar-refractivity contribution in [3.63, 3.8) is 0 Å². The number of phenolic OH excluding ortho intramolecular Hbond substituents is 1. The van der Waals surface area contributed by atoms with E-state index < -0.39 is 0 Å². The minimum atomic E-state index is 0.202. The van der Waals surface area contributed by atoms with Crippen LogP contribution in [0, 0.1) is 0 Å². The molecule has 1 saturated heterocycles. The van der Waals surface area contributed by atoms with Gasteiger partial charge in [0.05, 0.1) is 7.11 Å². The summed E-state index contributed by atoms with van der Waals surface area (Å²) in [6, 6.07) is 16.8. The smallest absolute Gasteiger partial charge is 0.160 e. The normalized spacial score (nSPS) is 17.4. The maximum Gasteiger partial charge on any atom is 0.160 e. The molecule has 134 valence electrons. The lowest BCUT2D eigenvalue weighted by Gasteiger charge is -2.38. The first kappa shape index (κ1) is 17.8. The van der Waals surface area contributed by atoms with Crippen molar-refractivity contribution in [1.29, 1.82) is 0 Å². The lowest BCUT2D eigenvalue weighted by atomic mass is 10.0. The number of benzene rings is 2. The van der Waals surface area contributed by atoms with E-state index in [0.717, 1.165) is 39.1 Å². The Kier molecular flexibility index (Phi) is 5.95. The Bertz CT molecular complexity index is 667. The topological polar surface area (TPSA) is 35.9 Å². The fourth-order valence-electron chi connectivity index (χ4n) is 3.52. The molecule has 0 saturated carbocycles. The molecule has 4 nitrogen and oxygen atoms in total. The van der Waals surface area contributed by atoms with Crippen molar-refractivity contribution in [3.8, 4) is 11.5 Å². The van der Waals surface area contributed by atoms with E-state index in [1.807, 2.05) is 12.1 Å². The zero-order valence-corrected chi connectivity index (χ0v) is 15.2. The fourth-order valence-corrected chi connectivity index (χ4v) is 3.52. The van der Waals surface area contributed by atoms with E-state index in [4.69, 9.17) is 4.74 Å². The lowest BCUT2D eigenvalue weighted by molar-refractivity contribution is 0.0977. The number of methoxy groups -OCH3 is 1. The Morgan fingerprint density at radius 2 is 1.72 bits per heavy atom. The first-order valence-corrected chi connectivity index (χ1v) is 9.02. The predicted molar refractivity (Wildman–Crippen MR) is 101 cm³/mol. The molecule has 0 aromatic heterocycles. The summed E-state index contributed by atoms with van der Waals surface area (Å²) < 4.78 is 5.21. The summed E-state index contributed by atoms with van der Waals surface area (Å²) >= 11 is 0. The summed E-state index contributed by atoms with van der Waals surface area (Å²) in [7, 11) is 1.59. The summed E-state index contributed by atoms with van der Waals surface area (Å²) in [5, 5.41) is 9.73. The molecule has 1 fully saturated rings. The third kappa shape index (κ3) is 4.74. The van der Waals surface area contributed by atoms with Crippen LogP contribution in [0.5, 0.6) is 11.5 Å². The zero-order chi connectivity index (χ0) is 17.6.